The van der Waals surface area contributed by atoms with Crippen LogP contribution in [0.5, 0.6) is 0 Å². The molecule has 0 spiro atoms. The summed E-state index contributed by atoms with van der Waals surface area (Å²) in [6.45, 7) is 0. The van der Waals surface area contributed by atoms with Crippen LogP contribution >= 0.6 is 15.9 Å². The number of aromatic nitrogens is 1. The van der Waals surface area contributed by atoms with E-state index in [1.807, 2.05) is 0 Å². The van der Waals surface area contributed by atoms with Gasteiger partial charge >= 0.3 is 5.97 Å². The van der Waals surface area contributed by atoms with Crippen LogP contribution in [0.1, 0.15) is 10.5 Å². The van der Waals surface area contributed by atoms with E-state index < -0.39 is 10.9 Å². The van der Waals surface area contributed by atoms with Crippen molar-refractivity contribution >= 4 is 38.4 Å². The lowest BCUT2D eigenvalue weighted by atomic mass is 10.1. The Balaban J connectivity index is 2.93. The van der Waals surface area contributed by atoms with E-state index >= 15 is 0 Å². The molecule has 0 aliphatic rings. The minimum Gasteiger partial charge on any atom is -0.476 e. The second-order valence-electron chi connectivity index (χ2n) is 3.21. The molecule has 2 aromatic rings. The zero-order chi connectivity index (χ0) is 12.6. The number of nitro benzene ring substituents is 1. The highest BCUT2D eigenvalue weighted by Gasteiger charge is 2.20. The lowest BCUT2D eigenvalue weighted by Crippen LogP contribution is -2.02. The highest BCUT2D eigenvalue weighted by Crippen LogP contribution is 2.33. The number of carboxylic acids is 1. The monoisotopic (exact) mass is 296 g/mol. The average Bonchev–Trinajstić information content (AvgIpc) is 2.26. The molecule has 1 N–H and O–H groups in total. The highest BCUT2D eigenvalue weighted by molar-refractivity contribution is 9.10. The van der Waals surface area contributed by atoms with Gasteiger partial charge in [-0.2, -0.15) is 0 Å². The van der Waals surface area contributed by atoms with Crippen molar-refractivity contribution in [2.45, 2.75) is 0 Å². The van der Waals surface area contributed by atoms with Crippen molar-refractivity contribution in [2.24, 2.45) is 0 Å². The molecule has 0 aliphatic heterocycles. The number of benzene rings is 1. The van der Waals surface area contributed by atoms with Gasteiger partial charge in [0.1, 0.15) is 0 Å². The van der Waals surface area contributed by atoms with E-state index in [4.69, 9.17) is 5.11 Å². The summed E-state index contributed by atoms with van der Waals surface area (Å²) in [6, 6.07) is 4.35. The topological polar surface area (TPSA) is 93.3 Å². The predicted octanol–water partition coefficient (Wildman–Crippen LogP) is 2.60. The molecule has 0 saturated heterocycles. The second-order valence-corrected chi connectivity index (χ2v) is 4.07. The Morgan fingerprint density at radius 2 is 2.06 bits per heavy atom. The van der Waals surface area contributed by atoms with Crippen molar-refractivity contribution in [1.82, 2.24) is 4.98 Å². The molecule has 0 radical (unpaired) electrons. The van der Waals surface area contributed by atoms with Crippen LogP contribution in [-0.4, -0.2) is 21.0 Å². The summed E-state index contributed by atoms with van der Waals surface area (Å²) in [5.41, 5.74) is -0.356. The van der Waals surface area contributed by atoms with Crippen molar-refractivity contribution in [3.05, 3.63) is 44.7 Å². The SMILES string of the molecule is O=C(O)c1nccc2c([N+](=O)[O-])c(Br)ccc12. The van der Waals surface area contributed by atoms with Crippen LogP contribution in [0.3, 0.4) is 0 Å². The molecule has 0 saturated carbocycles. The van der Waals surface area contributed by atoms with Crippen LogP contribution in [0.2, 0.25) is 0 Å². The van der Waals surface area contributed by atoms with E-state index in [0.717, 1.165) is 0 Å². The van der Waals surface area contributed by atoms with E-state index in [2.05, 4.69) is 20.9 Å². The van der Waals surface area contributed by atoms with Crippen molar-refractivity contribution in [3.63, 3.8) is 0 Å². The lowest BCUT2D eigenvalue weighted by Gasteiger charge is -2.03. The Morgan fingerprint density at radius 3 is 2.65 bits per heavy atom. The lowest BCUT2D eigenvalue weighted by molar-refractivity contribution is -0.383. The van der Waals surface area contributed by atoms with E-state index in [1.165, 1.54) is 24.4 Å². The number of carbonyl (C=O) groups is 1. The Kier molecular flexibility index (Phi) is 2.76. The van der Waals surface area contributed by atoms with Gasteiger partial charge in [0.25, 0.3) is 5.69 Å². The van der Waals surface area contributed by atoms with Gasteiger partial charge in [0.05, 0.1) is 14.8 Å². The first kappa shape index (κ1) is 11.5. The van der Waals surface area contributed by atoms with E-state index in [-0.39, 0.29) is 22.2 Å². The maximum atomic E-state index is 10.9. The molecule has 86 valence electrons. The molecule has 0 amide bonds. The second kappa shape index (κ2) is 4.10. The van der Waals surface area contributed by atoms with Gasteiger partial charge in [0.2, 0.25) is 0 Å². The van der Waals surface area contributed by atoms with Gasteiger partial charge in [-0.15, -0.1) is 0 Å². The first-order valence-electron chi connectivity index (χ1n) is 4.47. The fourth-order valence-electron chi connectivity index (χ4n) is 1.57. The van der Waals surface area contributed by atoms with Crippen LogP contribution < -0.4 is 0 Å². The van der Waals surface area contributed by atoms with Gasteiger partial charge in [-0.3, -0.25) is 10.1 Å². The van der Waals surface area contributed by atoms with Crippen molar-refractivity contribution < 1.29 is 14.8 Å². The Labute approximate surface area is 103 Å². The zero-order valence-electron chi connectivity index (χ0n) is 8.25. The summed E-state index contributed by atoms with van der Waals surface area (Å²) in [5, 5.41) is 20.4. The number of nitro groups is 1. The van der Waals surface area contributed by atoms with Gasteiger partial charge in [-0.05, 0) is 28.1 Å². The maximum absolute atomic E-state index is 10.9. The molecule has 7 heteroatoms. The number of rotatable bonds is 2. The molecule has 2 rings (SSSR count). The summed E-state index contributed by atoms with van der Waals surface area (Å²) in [7, 11) is 0. The quantitative estimate of drug-likeness (QED) is 0.679. The van der Waals surface area contributed by atoms with Crippen LogP contribution in [0, 0.1) is 10.1 Å². The fraction of sp³-hybridized carbons (Fsp3) is 0. The predicted molar refractivity (Wildman–Crippen MR) is 63.1 cm³/mol. The molecule has 0 aliphatic carbocycles. The minimum atomic E-state index is -1.22. The van der Waals surface area contributed by atoms with E-state index in [0.29, 0.717) is 4.47 Å². The molecular formula is C10H5BrN2O4. The highest BCUT2D eigenvalue weighted by atomic mass is 79.9. The van der Waals surface area contributed by atoms with Crippen molar-refractivity contribution in [2.75, 3.05) is 0 Å². The summed E-state index contributed by atoms with van der Waals surface area (Å²) >= 11 is 3.07. The zero-order valence-corrected chi connectivity index (χ0v) is 9.84. The molecule has 0 bridgehead atoms. The number of aromatic carboxylic acids is 1. The standard InChI is InChI=1S/C10H5BrN2O4/c11-7-2-1-5-6(9(7)13(16)17)3-4-12-8(5)10(14)15/h1-4H,(H,14,15). The molecule has 6 nitrogen and oxygen atoms in total. The van der Waals surface area contributed by atoms with Gasteiger partial charge in [0.15, 0.2) is 5.69 Å². The summed E-state index contributed by atoms with van der Waals surface area (Å²) in [6.07, 6.45) is 1.24. The van der Waals surface area contributed by atoms with Crippen LogP contribution in [0.4, 0.5) is 5.69 Å². The Bertz CT molecular complexity index is 641. The summed E-state index contributed by atoms with van der Waals surface area (Å²) < 4.78 is 0.303. The molecule has 0 atom stereocenters. The van der Waals surface area contributed by atoms with Crippen LogP contribution in [0.15, 0.2) is 28.9 Å². The number of carboxylic acid groups (broad SMARTS) is 1. The maximum Gasteiger partial charge on any atom is 0.355 e. The van der Waals surface area contributed by atoms with Crippen molar-refractivity contribution in [3.8, 4) is 0 Å². The molecule has 1 heterocycles. The van der Waals surface area contributed by atoms with Crippen LogP contribution in [-0.2, 0) is 0 Å². The number of halogens is 1. The fourth-order valence-corrected chi connectivity index (χ4v) is 2.06. The number of fused-ring (bicyclic) bond motifs is 1. The largest absolute Gasteiger partial charge is 0.476 e. The molecule has 1 aromatic carbocycles. The van der Waals surface area contributed by atoms with Crippen molar-refractivity contribution in [1.29, 1.82) is 0 Å². The number of hydrogen-bond donors (Lipinski definition) is 1. The molecular weight excluding hydrogens is 292 g/mol. The first-order chi connectivity index (χ1) is 8.02. The van der Waals surface area contributed by atoms with Gasteiger partial charge in [-0.1, -0.05) is 6.07 Å². The third kappa shape index (κ3) is 1.84. The number of nitrogens with zero attached hydrogens (tertiary/aromatic N) is 2. The first-order valence-corrected chi connectivity index (χ1v) is 5.26. The third-order valence-corrected chi connectivity index (χ3v) is 2.89. The van der Waals surface area contributed by atoms with E-state index in [1.54, 1.807) is 0 Å². The number of hydrogen-bond acceptors (Lipinski definition) is 4. The average molecular weight is 297 g/mol. The Hall–Kier alpha value is -2.02. The molecule has 0 fully saturated rings. The molecule has 17 heavy (non-hydrogen) atoms. The number of pyridine rings is 1. The molecule has 0 unspecified atom stereocenters. The Morgan fingerprint density at radius 1 is 1.35 bits per heavy atom. The molecule has 1 aromatic heterocycles. The van der Waals surface area contributed by atoms with Crippen LogP contribution in [0.25, 0.3) is 10.8 Å². The normalized spacial score (nSPS) is 10.4. The third-order valence-electron chi connectivity index (χ3n) is 2.25. The smallest absolute Gasteiger partial charge is 0.355 e. The van der Waals surface area contributed by atoms with Gasteiger partial charge < -0.3 is 5.11 Å². The van der Waals surface area contributed by atoms with E-state index in [9.17, 15) is 14.9 Å². The summed E-state index contributed by atoms with van der Waals surface area (Å²) in [5.74, 6) is -1.22. The van der Waals surface area contributed by atoms with Gasteiger partial charge in [0, 0.05) is 11.6 Å². The van der Waals surface area contributed by atoms with Gasteiger partial charge in [-0.25, -0.2) is 9.78 Å². The minimum absolute atomic E-state index is 0.160. The summed E-state index contributed by atoms with van der Waals surface area (Å²) in [4.78, 5) is 25.0.